The molecule has 1 unspecified atom stereocenters. The van der Waals surface area contributed by atoms with Crippen molar-refractivity contribution in [3.63, 3.8) is 0 Å². The van der Waals surface area contributed by atoms with Gasteiger partial charge in [-0.1, -0.05) is 0 Å². The summed E-state index contributed by atoms with van der Waals surface area (Å²) in [4.78, 5) is 21.4. The van der Waals surface area contributed by atoms with Gasteiger partial charge in [0.1, 0.15) is 6.33 Å². The minimum absolute atomic E-state index is 0.0704. The van der Waals surface area contributed by atoms with Crippen LogP contribution >= 0.6 is 11.6 Å². The zero-order valence-electron chi connectivity index (χ0n) is 8.67. The van der Waals surface area contributed by atoms with Crippen LogP contribution in [-0.4, -0.2) is 52.5 Å². The van der Waals surface area contributed by atoms with Crippen molar-refractivity contribution in [1.29, 1.82) is 0 Å². The fourth-order valence-electron chi connectivity index (χ4n) is 1.59. The number of morpholine rings is 1. The molecule has 1 amide bonds. The van der Waals surface area contributed by atoms with E-state index in [9.17, 15) is 4.79 Å². The SMILES string of the molecule is O=C(c1cncnc1)N1CCOC(CCl)C1. The van der Waals surface area contributed by atoms with Gasteiger partial charge in [0, 0.05) is 25.5 Å². The number of carbonyl (C=O) groups is 1. The second-order valence-corrected chi connectivity index (χ2v) is 3.83. The van der Waals surface area contributed by atoms with Gasteiger partial charge in [0.05, 0.1) is 24.2 Å². The zero-order valence-corrected chi connectivity index (χ0v) is 9.43. The van der Waals surface area contributed by atoms with Crippen molar-refractivity contribution in [2.45, 2.75) is 6.10 Å². The predicted octanol–water partition coefficient (Wildman–Crippen LogP) is 0.556. The maximum atomic E-state index is 12.0. The summed E-state index contributed by atoms with van der Waals surface area (Å²) in [5.74, 6) is 0.328. The summed E-state index contributed by atoms with van der Waals surface area (Å²) < 4.78 is 5.39. The quantitative estimate of drug-likeness (QED) is 0.710. The lowest BCUT2D eigenvalue weighted by atomic mass is 10.2. The number of nitrogens with zero attached hydrogens (tertiary/aromatic N) is 3. The predicted molar refractivity (Wildman–Crippen MR) is 58.4 cm³/mol. The Balaban J connectivity index is 2.05. The highest BCUT2D eigenvalue weighted by Crippen LogP contribution is 2.10. The molecule has 2 heterocycles. The van der Waals surface area contributed by atoms with E-state index >= 15 is 0 Å². The Kier molecular flexibility index (Phi) is 3.69. The lowest BCUT2D eigenvalue weighted by Gasteiger charge is -2.31. The molecule has 0 spiro atoms. The molecule has 0 bridgehead atoms. The van der Waals surface area contributed by atoms with Crippen molar-refractivity contribution in [1.82, 2.24) is 14.9 Å². The third-order valence-electron chi connectivity index (χ3n) is 2.41. The summed E-state index contributed by atoms with van der Waals surface area (Å²) in [5.41, 5.74) is 0.498. The van der Waals surface area contributed by atoms with E-state index in [0.717, 1.165) is 0 Å². The maximum Gasteiger partial charge on any atom is 0.257 e. The highest BCUT2D eigenvalue weighted by atomic mass is 35.5. The highest BCUT2D eigenvalue weighted by molar-refractivity contribution is 6.18. The Labute approximate surface area is 98.4 Å². The normalized spacial score (nSPS) is 20.8. The molecule has 16 heavy (non-hydrogen) atoms. The fraction of sp³-hybridized carbons (Fsp3) is 0.500. The van der Waals surface area contributed by atoms with Gasteiger partial charge in [-0.15, -0.1) is 11.6 Å². The topological polar surface area (TPSA) is 55.3 Å². The molecule has 1 fully saturated rings. The Morgan fingerprint density at radius 2 is 2.31 bits per heavy atom. The molecule has 0 N–H and O–H groups in total. The first-order valence-electron chi connectivity index (χ1n) is 5.03. The van der Waals surface area contributed by atoms with Crippen LogP contribution in [0, 0.1) is 0 Å². The molecule has 1 aromatic rings. The summed E-state index contributed by atoms with van der Waals surface area (Å²) in [7, 11) is 0. The number of carbonyl (C=O) groups excluding carboxylic acids is 1. The van der Waals surface area contributed by atoms with Crippen LogP contribution in [0.1, 0.15) is 10.4 Å². The number of hydrogen-bond acceptors (Lipinski definition) is 4. The first-order valence-corrected chi connectivity index (χ1v) is 5.56. The molecule has 0 aromatic carbocycles. The van der Waals surface area contributed by atoms with Crippen LogP contribution in [-0.2, 0) is 4.74 Å². The summed E-state index contributed by atoms with van der Waals surface area (Å²) >= 11 is 5.71. The van der Waals surface area contributed by atoms with Crippen molar-refractivity contribution in [3.05, 3.63) is 24.3 Å². The lowest BCUT2D eigenvalue weighted by Crippen LogP contribution is -2.46. The largest absolute Gasteiger partial charge is 0.373 e. The van der Waals surface area contributed by atoms with E-state index in [-0.39, 0.29) is 12.0 Å². The van der Waals surface area contributed by atoms with Gasteiger partial charge in [-0.3, -0.25) is 4.79 Å². The average Bonchev–Trinajstić information content (AvgIpc) is 2.39. The lowest BCUT2D eigenvalue weighted by molar-refractivity contribution is -0.0108. The van der Waals surface area contributed by atoms with E-state index in [2.05, 4.69) is 9.97 Å². The molecule has 0 aliphatic carbocycles. The smallest absolute Gasteiger partial charge is 0.257 e. The van der Waals surface area contributed by atoms with Crippen molar-refractivity contribution >= 4 is 17.5 Å². The number of ether oxygens (including phenoxy) is 1. The van der Waals surface area contributed by atoms with Crippen molar-refractivity contribution < 1.29 is 9.53 Å². The van der Waals surface area contributed by atoms with E-state index in [4.69, 9.17) is 16.3 Å². The standard InChI is InChI=1S/C10H12ClN3O2/c11-3-9-6-14(1-2-16-9)10(15)8-4-12-7-13-5-8/h4-5,7,9H,1-3,6H2. The van der Waals surface area contributed by atoms with Crippen LogP contribution in [0.5, 0.6) is 0 Å². The number of hydrogen-bond donors (Lipinski definition) is 0. The van der Waals surface area contributed by atoms with Gasteiger partial charge in [0.25, 0.3) is 5.91 Å². The molecular weight excluding hydrogens is 230 g/mol. The molecule has 6 heteroatoms. The van der Waals surface area contributed by atoms with E-state index in [1.165, 1.54) is 18.7 Å². The molecule has 1 aliphatic heterocycles. The van der Waals surface area contributed by atoms with Gasteiger partial charge in [0.15, 0.2) is 0 Å². The third-order valence-corrected chi connectivity index (χ3v) is 2.75. The summed E-state index contributed by atoms with van der Waals surface area (Å²) in [6, 6.07) is 0. The third kappa shape index (κ3) is 2.48. The Hall–Kier alpha value is -1.20. The Morgan fingerprint density at radius 1 is 1.56 bits per heavy atom. The second kappa shape index (κ2) is 5.23. The van der Waals surface area contributed by atoms with Crippen molar-refractivity contribution in [3.8, 4) is 0 Å². The molecule has 0 saturated carbocycles. The number of aromatic nitrogens is 2. The van der Waals surface area contributed by atoms with Crippen LogP contribution in [0.15, 0.2) is 18.7 Å². The first kappa shape index (κ1) is 11.3. The second-order valence-electron chi connectivity index (χ2n) is 3.53. The van der Waals surface area contributed by atoms with E-state index in [1.807, 2.05) is 0 Å². The number of halogens is 1. The van der Waals surface area contributed by atoms with Crippen molar-refractivity contribution in [2.24, 2.45) is 0 Å². The maximum absolute atomic E-state index is 12.0. The first-order chi connectivity index (χ1) is 7.81. The van der Waals surface area contributed by atoms with Gasteiger partial charge in [-0.05, 0) is 0 Å². The van der Waals surface area contributed by atoms with E-state index in [1.54, 1.807) is 4.90 Å². The van der Waals surface area contributed by atoms with Crippen LogP contribution in [0.3, 0.4) is 0 Å². The summed E-state index contributed by atoms with van der Waals surface area (Å²) in [6.45, 7) is 1.63. The Morgan fingerprint density at radius 3 is 3.00 bits per heavy atom. The molecule has 1 atom stereocenters. The molecule has 0 radical (unpaired) electrons. The van der Waals surface area contributed by atoms with Crippen molar-refractivity contribution in [2.75, 3.05) is 25.6 Å². The van der Waals surface area contributed by atoms with Gasteiger partial charge in [0.2, 0.25) is 0 Å². The summed E-state index contributed by atoms with van der Waals surface area (Å²) in [6.07, 6.45) is 4.35. The van der Waals surface area contributed by atoms with Gasteiger partial charge >= 0.3 is 0 Å². The molecule has 1 saturated heterocycles. The zero-order chi connectivity index (χ0) is 11.4. The molecule has 2 rings (SSSR count). The molecule has 86 valence electrons. The minimum atomic E-state index is -0.0796. The number of rotatable bonds is 2. The Bertz CT molecular complexity index is 360. The number of alkyl halides is 1. The van der Waals surface area contributed by atoms with Crippen LogP contribution in [0.4, 0.5) is 0 Å². The van der Waals surface area contributed by atoms with E-state index in [0.29, 0.717) is 31.1 Å². The van der Waals surface area contributed by atoms with Crippen LogP contribution < -0.4 is 0 Å². The minimum Gasteiger partial charge on any atom is -0.373 e. The monoisotopic (exact) mass is 241 g/mol. The molecule has 1 aromatic heterocycles. The van der Waals surface area contributed by atoms with E-state index < -0.39 is 0 Å². The molecular formula is C10H12ClN3O2. The van der Waals surface area contributed by atoms with Gasteiger partial charge in [-0.2, -0.15) is 0 Å². The van der Waals surface area contributed by atoms with Crippen LogP contribution in [0.2, 0.25) is 0 Å². The molecule has 1 aliphatic rings. The highest BCUT2D eigenvalue weighted by Gasteiger charge is 2.24. The van der Waals surface area contributed by atoms with Crippen LogP contribution in [0.25, 0.3) is 0 Å². The summed E-state index contributed by atoms with van der Waals surface area (Å²) in [5, 5.41) is 0. The molecule has 5 nitrogen and oxygen atoms in total. The fourth-order valence-corrected chi connectivity index (χ4v) is 1.78. The van der Waals surface area contributed by atoms with Gasteiger partial charge < -0.3 is 9.64 Å². The van der Waals surface area contributed by atoms with Gasteiger partial charge in [-0.25, -0.2) is 9.97 Å². The number of amides is 1. The average molecular weight is 242 g/mol.